The van der Waals surface area contributed by atoms with Crippen LogP contribution in [0.3, 0.4) is 0 Å². The minimum atomic E-state index is 1.31. The molecule has 0 N–H and O–H groups in total. The molecule has 0 atom stereocenters. The van der Waals surface area contributed by atoms with Crippen molar-refractivity contribution in [2.24, 2.45) is 0 Å². The number of benzene rings is 1. The summed E-state index contributed by atoms with van der Waals surface area (Å²) in [5.41, 5.74) is 0. The maximum absolute atomic E-state index is 2.30. The Kier molecular flexibility index (Phi) is 8.08. The van der Waals surface area contributed by atoms with E-state index >= 15 is 0 Å². The number of rotatable bonds is 8. The molecule has 0 aliphatic rings. The molecule has 0 saturated heterocycles. The van der Waals surface area contributed by atoms with Gasteiger partial charge in [0.05, 0.1) is 0 Å². The van der Waals surface area contributed by atoms with Crippen LogP contribution in [0.1, 0.15) is 39.5 Å². The quantitative estimate of drug-likeness (QED) is 0.474. The van der Waals surface area contributed by atoms with E-state index < -0.39 is 0 Å². The third kappa shape index (κ3) is 5.42. The van der Waals surface area contributed by atoms with Gasteiger partial charge in [-0.15, -0.1) is 0 Å². The Morgan fingerprint density at radius 3 is 1.62 bits per heavy atom. The van der Waals surface area contributed by atoms with Crippen LogP contribution in [0.5, 0.6) is 0 Å². The van der Waals surface area contributed by atoms with Gasteiger partial charge in [0.1, 0.15) is 0 Å². The van der Waals surface area contributed by atoms with Crippen LogP contribution in [0.2, 0.25) is 0 Å². The molecular formula is C14H22P2-2. The largest absolute Gasteiger partial charge is 0.509 e. The Balaban J connectivity index is 2.46. The van der Waals surface area contributed by atoms with Gasteiger partial charge in [-0.3, -0.25) is 0 Å². The van der Waals surface area contributed by atoms with Gasteiger partial charge in [0, 0.05) is 0 Å². The minimum Gasteiger partial charge on any atom is -0.509 e. The molecule has 0 unspecified atom stereocenters. The van der Waals surface area contributed by atoms with E-state index in [9.17, 15) is 0 Å². The van der Waals surface area contributed by atoms with Crippen LogP contribution in [-0.4, -0.2) is 12.3 Å². The summed E-state index contributed by atoms with van der Waals surface area (Å²) in [5, 5.41) is 3.10. The van der Waals surface area contributed by atoms with Crippen LogP contribution in [-0.2, 0) is 0 Å². The fourth-order valence-electron chi connectivity index (χ4n) is 1.45. The molecular weight excluding hydrogens is 230 g/mol. The van der Waals surface area contributed by atoms with Crippen molar-refractivity contribution in [1.82, 2.24) is 0 Å². The molecule has 0 saturated carbocycles. The van der Waals surface area contributed by atoms with Gasteiger partial charge < -0.3 is 17.2 Å². The molecule has 0 radical (unpaired) electrons. The number of hydrogen-bond acceptors (Lipinski definition) is 0. The van der Waals surface area contributed by atoms with Crippen LogP contribution < -0.4 is 10.6 Å². The first-order valence-corrected chi connectivity index (χ1v) is 8.48. The van der Waals surface area contributed by atoms with Crippen molar-refractivity contribution in [1.29, 1.82) is 0 Å². The van der Waals surface area contributed by atoms with E-state index in [-0.39, 0.29) is 0 Å². The first-order chi connectivity index (χ1) is 7.88. The third-order valence-corrected chi connectivity index (χ3v) is 5.19. The van der Waals surface area contributed by atoms with Gasteiger partial charge in [0.25, 0.3) is 0 Å². The maximum Gasteiger partial charge on any atom is -0.0584 e. The highest BCUT2D eigenvalue weighted by Crippen LogP contribution is 2.18. The lowest BCUT2D eigenvalue weighted by Crippen LogP contribution is -2.15. The average Bonchev–Trinajstić information content (AvgIpc) is 2.32. The Labute approximate surface area is 104 Å². The summed E-state index contributed by atoms with van der Waals surface area (Å²) in [7, 11) is 3.04. The molecule has 1 rings (SSSR count). The minimum absolute atomic E-state index is 1.31. The lowest BCUT2D eigenvalue weighted by atomic mass is 10.4. The molecule has 0 spiro atoms. The molecule has 0 nitrogen and oxygen atoms in total. The summed E-state index contributed by atoms with van der Waals surface area (Å²) in [4.78, 5) is 0. The van der Waals surface area contributed by atoms with Gasteiger partial charge in [0.2, 0.25) is 0 Å². The standard InChI is InChI=1S/C14H22P2/c1-3-5-11-15-13-9-7-8-10-14(13)16-12-6-4-2/h7-10H,3-6,11-12H2,1-2H3/q-2. The summed E-state index contributed by atoms with van der Waals surface area (Å²) < 4.78 is 0. The van der Waals surface area contributed by atoms with E-state index in [4.69, 9.17) is 0 Å². The maximum atomic E-state index is 2.30. The van der Waals surface area contributed by atoms with Crippen LogP contribution in [0.4, 0.5) is 0 Å². The van der Waals surface area contributed by atoms with Gasteiger partial charge in [-0.1, -0.05) is 63.8 Å². The van der Waals surface area contributed by atoms with E-state index in [1.807, 2.05) is 0 Å². The van der Waals surface area contributed by atoms with Crippen molar-refractivity contribution in [2.75, 3.05) is 12.3 Å². The topological polar surface area (TPSA) is 0 Å². The molecule has 90 valence electrons. The SMILES string of the molecule is CCCC[P-]c1ccccc1[P-]CCCC. The second-order valence-corrected chi connectivity index (χ2v) is 6.45. The van der Waals surface area contributed by atoms with Gasteiger partial charge in [-0.2, -0.15) is 12.3 Å². The summed E-state index contributed by atoms with van der Waals surface area (Å²) >= 11 is 0. The lowest BCUT2D eigenvalue weighted by molar-refractivity contribution is 0.895. The van der Waals surface area contributed by atoms with Crippen molar-refractivity contribution < 1.29 is 0 Å². The Morgan fingerprint density at radius 2 is 1.25 bits per heavy atom. The van der Waals surface area contributed by atoms with Gasteiger partial charge >= 0.3 is 0 Å². The third-order valence-electron chi connectivity index (χ3n) is 2.47. The summed E-state index contributed by atoms with van der Waals surface area (Å²) in [5.74, 6) is 0. The molecule has 16 heavy (non-hydrogen) atoms. The fourth-order valence-corrected chi connectivity index (χ4v) is 4.16. The number of hydrogen-bond donors (Lipinski definition) is 0. The molecule has 1 aromatic rings. The van der Waals surface area contributed by atoms with Crippen LogP contribution in [0.15, 0.2) is 24.3 Å². The van der Waals surface area contributed by atoms with Crippen molar-refractivity contribution >= 4 is 27.8 Å². The highest BCUT2D eigenvalue weighted by atomic mass is 31.1. The van der Waals surface area contributed by atoms with E-state index in [0.29, 0.717) is 0 Å². The summed E-state index contributed by atoms with van der Waals surface area (Å²) in [6.45, 7) is 4.53. The molecule has 1 aromatic carbocycles. The Morgan fingerprint density at radius 1 is 0.812 bits per heavy atom. The zero-order valence-electron chi connectivity index (χ0n) is 10.4. The van der Waals surface area contributed by atoms with Crippen LogP contribution >= 0.6 is 17.2 Å². The zero-order chi connectivity index (χ0) is 11.6. The molecule has 0 amide bonds. The molecule has 0 bridgehead atoms. The smallest absolute Gasteiger partial charge is 0.0584 e. The van der Waals surface area contributed by atoms with Crippen LogP contribution in [0.25, 0.3) is 0 Å². The fraction of sp³-hybridized carbons (Fsp3) is 0.571. The highest BCUT2D eigenvalue weighted by molar-refractivity contribution is 7.54. The van der Waals surface area contributed by atoms with Crippen LogP contribution in [0, 0.1) is 0 Å². The second-order valence-electron chi connectivity index (χ2n) is 3.96. The summed E-state index contributed by atoms with van der Waals surface area (Å²) in [6, 6.07) is 8.94. The van der Waals surface area contributed by atoms with E-state index in [0.717, 1.165) is 0 Å². The Hall–Kier alpha value is 0.0800. The molecule has 0 fully saturated rings. The van der Waals surface area contributed by atoms with E-state index in [1.54, 1.807) is 10.6 Å². The van der Waals surface area contributed by atoms with Crippen molar-refractivity contribution in [3.8, 4) is 0 Å². The predicted molar refractivity (Wildman–Crippen MR) is 79.1 cm³/mol. The first-order valence-electron chi connectivity index (χ1n) is 6.32. The molecule has 0 aliphatic heterocycles. The van der Waals surface area contributed by atoms with Gasteiger partial charge in [-0.25, -0.2) is 10.6 Å². The first kappa shape index (κ1) is 14.1. The monoisotopic (exact) mass is 252 g/mol. The van der Waals surface area contributed by atoms with Gasteiger partial charge in [-0.05, 0) is 0 Å². The Bertz CT molecular complexity index is 255. The van der Waals surface area contributed by atoms with Crippen molar-refractivity contribution in [3.63, 3.8) is 0 Å². The molecule has 0 aromatic heterocycles. The lowest BCUT2D eigenvalue weighted by Gasteiger charge is -2.30. The van der Waals surface area contributed by atoms with Gasteiger partial charge in [0.15, 0.2) is 0 Å². The molecule has 0 heterocycles. The predicted octanol–water partition coefficient (Wildman–Crippen LogP) is 4.43. The average molecular weight is 252 g/mol. The highest BCUT2D eigenvalue weighted by Gasteiger charge is 1.82. The molecule has 2 heteroatoms. The molecule has 0 aliphatic carbocycles. The number of unbranched alkanes of at least 4 members (excludes halogenated alkanes) is 2. The van der Waals surface area contributed by atoms with Crippen molar-refractivity contribution in [2.45, 2.75) is 39.5 Å². The normalized spacial score (nSPS) is 12.1. The zero-order valence-corrected chi connectivity index (χ0v) is 12.2. The van der Waals surface area contributed by atoms with E-state index in [2.05, 4.69) is 38.1 Å². The summed E-state index contributed by atoms with van der Waals surface area (Å²) in [6.07, 6.45) is 7.95. The second kappa shape index (κ2) is 9.15. The van der Waals surface area contributed by atoms with Crippen molar-refractivity contribution in [3.05, 3.63) is 24.3 Å². The van der Waals surface area contributed by atoms with E-state index in [1.165, 1.54) is 55.2 Å².